The van der Waals surface area contributed by atoms with E-state index in [1.54, 1.807) is 0 Å². The summed E-state index contributed by atoms with van der Waals surface area (Å²) in [7, 11) is 4.03. The minimum atomic E-state index is -0.0537. The van der Waals surface area contributed by atoms with Crippen LogP contribution in [0.3, 0.4) is 0 Å². The molecule has 2 atom stereocenters. The van der Waals surface area contributed by atoms with Crippen molar-refractivity contribution in [2.45, 2.75) is 32.3 Å². The smallest absolute Gasteiger partial charge is 0.128 e. The standard InChI is InChI=1S/C26H30N4O/c1-18-15-21-8-11-25(30(2)3)29-24(21)16-23(18)26(20-5-4-13-28-14-12-20)31-22-9-6-19(17-27)7-10-22/h6-11,15-16,20,26,28H,4-5,12-14H2,1-3H3. The van der Waals surface area contributed by atoms with Crippen LogP contribution in [0.1, 0.15) is 42.1 Å². The van der Waals surface area contributed by atoms with Crippen molar-refractivity contribution in [1.29, 1.82) is 5.26 Å². The van der Waals surface area contributed by atoms with Crippen molar-refractivity contribution in [3.05, 3.63) is 65.2 Å². The molecule has 2 unspecified atom stereocenters. The van der Waals surface area contributed by atoms with Crippen LogP contribution in [0.4, 0.5) is 5.82 Å². The van der Waals surface area contributed by atoms with E-state index in [4.69, 9.17) is 15.0 Å². The highest BCUT2D eigenvalue weighted by Gasteiger charge is 2.28. The van der Waals surface area contributed by atoms with Crippen LogP contribution in [-0.4, -0.2) is 32.2 Å². The lowest BCUT2D eigenvalue weighted by atomic mass is 9.87. The number of fused-ring (bicyclic) bond motifs is 1. The first-order valence-electron chi connectivity index (χ1n) is 11.0. The normalized spacial score (nSPS) is 17.5. The first-order chi connectivity index (χ1) is 15.0. The number of anilines is 1. The fourth-order valence-corrected chi connectivity index (χ4v) is 4.36. The molecule has 1 fully saturated rings. The Bertz CT molecular complexity index is 1080. The summed E-state index contributed by atoms with van der Waals surface area (Å²) in [5.41, 5.74) is 4.06. The molecule has 160 valence electrons. The highest BCUT2D eigenvalue weighted by molar-refractivity contribution is 5.82. The van der Waals surface area contributed by atoms with E-state index in [9.17, 15) is 0 Å². The third-order valence-electron chi connectivity index (χ3n) is 6.12. The molecule has 1 saturated heterocycles. The molecule has 1 aromatic heterocycles. The van der Waals surface area contributed by atoms with Crippen LogP contribution >= 0.6 is 0 Å². The third kappa shape index (κ3) is 4.81. The molecular weight excluding hydrogens is 384 g/mol. The molecule has 3 aromatic rings. The van der Waals surface area contributed by atoms with Gasteiger partial charge in [-0.25, -0.2) is 4.98 Å². The minimum absolute atomic E-state index is 0.0537. The number of hydrogen-bond acceptors (Lipinski definition) is 5. The Labute approximate surface area is 184 Å². The summed E-state index contributed by atoms with van der Waals surface area (Å²) in [5, 5.41) is 13.8. The van der Waals surface area contributed by atoms with Gasteiger partial charge < -0.3 is 15.0 Å². The molecule has 0 aliphatic carbocycles. The van der Waals surface area contributed by atoms with Gasteiger partial charge in [0.05, 0.1) is 17.1 Å². The molecule has 31 heavy (non-hydrogen) atoms. The molecule has 0 amide bonds. The molecule has 5 heteroatoms. The number of hydrogen-bond donors (Lipinski definition) is 1. The first-order valence-corrected chi connectivity index (χ1v) is 11.0. The Hall–Kier alpha value is -3.10. The molecule has 2 heterocycles. The summed E-state index contributed by atoms with van der Waals surface area (Å²) in [5.74, 6) is 2.17. The number of benzene rings is 2. The Balaban J connectivity index is 1.76. The molecule has 0 radical (unpaired) electrons. The van der Waals surface area contributed by atoms with Gasteiger partial charge in [-0.05, 0) is 98.9 Å². The van der Waals surface area contributed by atoms with Crippen molar-refractivity contribution < 1.29 is 4.74 Å². The van der Waals surface area contributed by atoms with Gasteiger partial charge in [-0.3, -0.25) is 0 Å². The van der Waals surface area contributed by atoms with Gasteiger partial charge >= 0.3 is 0 Å². The number of rotatable bonds is 5. The predicted octanol–water partition coefficient (Wildman–Crippen LogP) is 4.99. The largest absolute Gasteiger partial charge is 0.485 e. The lowest BCUT2D eigenvalue weighted by molar-refractivity contribution is 0.125. The molecule has 2 aromatic carbocycles. The molecule has 5 nitrogen and oxygen atoms in total. The lowest BCUT2D eigenvalue weighted by Crippen LogP contribution is -2.22. The molecule has 1 aliphatic heterocycles. The van der Waals surface area contributed by atoms with Gasteiger partial charge in [-0.1, -0.05) is 0 Å². The third-order valence-corrected chi connectivity index (χ3v) is 6.12. The van der Waals surface area contributed by atoms with Gasteiger partial charge in [0.25, 0.3) is 0 Å². The molecule has 0 spiro atoms. The number of nitriles is 1. The van der Waals surface area contributed by atoms with Crippen LogP contribution in [0.5, 0.6) is 5.75 Å². The van der Waals surface area contributed by atoms with E-state index in [0.717, 1.165) is 54.8 Å². The highest BCUT2D eigenvalue weighted by Crippen LogP contribution is 2.37. The summed E-state index contributed by atoms with van der Waals surface area (Å²) >= 11 is 0. The van der Waals surface area contributed by atoms with E-state index >= 15 is 0 Å². The van der Waals surface area contributed by atoms with Crippen LogP contribution in [0.2, 0.25) is 0 Å². The lowest BCUT2D eigenvalue weighted by Gasteiger charge is -2.29. The number of nitrogens with one attached hydrogen (secondary N) is 1. The monoisotopic (exact) mass is 414 g/mol. The Morgan fingerprint density at radius 3 is 2.65 bits per heavy atom. The fraction of sp³-hybridized carbons (Fsp3) is 0.385. The topological polar surface area (TPSA) is 61.2 Å². The number of aryl methyl sites for hydroxylation is 1. The molecule has 0 saturated carbocycles. The summed E-state index contributed by atoms with van der Waals surface area (Å²) in [4.78, 5) is 6.90. The van der Waals surface area contributed by atoms with Crippen LogP contribution in [0, 0.1) is 24.2 Å². The second-order valence-corrected chi connectivity index (χ2v) is 8.58. The zero-order valence-electron chi connectivity index (χ0n) is 18.6. The summed E-state index contributed by atoms with van der Waals surface area (Å²) in [6.07, 6.45) is 3.29. The number of ether oxygens (including phenoxy) is 1. The summed E-state index contributed by atoms with van der Waals surface area (Å²) in [6, 6.07) is 18.3. The van der Waals surface area contributed by atoms with E-state index in [1.807, 2.05) is 43.3 Å². The van der Waals surface area contributed by atoms with Crippen molar-refractivity contribution in [3.63, 3.8) is 0 Å². The molecular formula is C26H30N4O. The van der Waals surface area contributed by atoms with Crippen LogP contribution in [0.25, 0.3) is 10.9 Å². The predicted molar refractivity (Wildman–Crippen MR) is 126 cm³/mol. The van der Waals surface area contributed by atoms with E-state index < -0.39 is 0 Å². The molecule has 0 bridgehead atoms. The number of aromatic nitrogens is 1. The average molecular weight is 415 g/mol. The zero-order valence-corrected chi connectivity index (χ0v) is 18.6. The van der Waals surface area contributed by atoms with Crippen LogP contribution < -0.4 is 15.0 Å². The second kappa shape index (κ2) is 9.36. The van der Waals surface area contributed by atoms with E-state index in [0.29, 0.717) is 11.5 Å². The minimum Gasteiger partial charge on any atom is -0.485 e. The van der Waals surface area contributed by atoms with Gasteiger partial charge in [0.1, 0.15) is 17.7 Å². The maximum Gasteiger partial charge on any atom is 0.128 e. The quantitative estimate of drug-likeness (QED) is 0.637. The highest BCUT2D eigenvalue weighted by atomic mass is 16.5. The Morgan fingerprint density at radius 1 is 1.10 bits per heavy atom. The average Bonchev–Trinajstić information content (AvgIpc) is 3.06. The van der Waals surface area contributed by atoms with Crippen molar-refractivity contribution in [2.24, 2.45) is 5.92 Å². The van der Waals surface area contributed by atoms with Crippen molar-refractivity contribution in [1.82, 2.24) is 10.3 Å². The van der Waals surface area contributed by atoms with Crippen molar-refractivity contribution in [3.8, 4) is 11.8 Å². The first kappa shape index (κ1) is 21.1. The van der Waals surface area contributed by atoms with Crippen LogP contribution in [0.15, 0.2) is 48.5 Å². The van der Waals surface area contributed by atoms with Gasteiger partial charge in [-0.15, -0.1) is 0 Å². The maximum atomic E-state index is 9.11. The van der Waals surface area contributed by atoms with Crippen LogP contribution in [-0.2, 0) is 0 Å². The number of pyridine rings is 1. The Kier molecular flexibility index (Phi) is 6.39. The molecule has 1 aliphatic rings. The maximum absolute atomic E-state index is 9.11. The van der Waals surface area contributed by atoms with E-state index in [2.05, 4.69) is 42.6 Å². The van der Waals surface area contributed by atoms with E-state index in [1.165, 1.54) is 11.1 Å². The fourth-order valence-electron chi connectivity index (χ4n) is 4.36. The second-order valence-electron chi connectivity index (χ2n) is 8.58. The molecule has 4 rings (SSSR count). The van der Waals surface area contributed by atoms with E-state index in [-0.39, 0.29) is 6.10 Å². The van der Waals surface area contributed by atoms with Gasteiger partial charge in [0.2, 0.25) is 0 Å². The van der Waals surface area contributed by atoms with Crippen molar-refractivity contribution >= 4 is 16.7 Å². The van der Waals surface area contributed by atoms with Gasteiger partial charge in [0, 0.05) is 25.4 Å². The SMILES string of the molecule is Cc1cc2ccc(N(C)C)nc2cc1C(Oc1ccc(C#N)cc1)C1CCCNCC1. The zero-order chi connectivity index (χ0) is 21.8. The summed E-state index contributed by atoms with van der Waals surface area (Å²) < 4.78 is 6.63. The van der Waals surface area contributed by atoms with Crippen molar-refractivity contribution in [2.75, 3.05) is 32.1 Å². The summed E-state index contributed by atoms with van der Waals surface area (Å²) in [6.45, 7) is 4.23. The Morgan fingerprint density at radius 2 is 1.90 bits per heavy atom. The number of nitrogens with zero attached hydrogens (tertiary/aromatic N) is 3. The molecule has 1 N–H and O–H groups in total. The van der Waals surface area contributed by atoms with Gasteiger partial charge in [-0.2, -0.15) is 5.26 Å². The van der Waals surface area contributed by atoms with Gasteiger partial charge in [0.15, 0.2) is 0 Å².